The monoisotopic (exact) mass is 590 g/mol. The van der Waals surface area contributed by atoms with Crippen molar-refractivity contribution in [2.45, 2.75) is 43.5 Å². The molecule has 4 bridgehead atoms. The summed E-state index contributed by atoms with van der Waals surface area (Å²) in [5.74, 6) is 0. The van der Waals surface area contributed by atoms with E-state index in [4.69, 9.17) is 0 Å². The van der Waals surface area contributed by atoms with Gasteiger partial charge in [0.1, 0.15) is 0 Å². The van der Waals surface area contributed by atoms with Crippen LogP contribution in [0, 0.1) is 0 Å². The number of allylic oxidation sites excluding steroid dienone is 2. The molecular weight excluding hydrogens is 567 g/mol. The van der Waals surface area contributed by atoms with Crippen LogP contribution in [-0.2, 0) is 20.3 Å². The van der Waals surface area contributed by atoms with Gasteiger partial charge in [0, 0.05) is 0 Å². The maximum atomic E-state index is 3.95. The predicted octanol–water partition coefficient (Wildman–Crippen LogP) is 8.62. The topological polar surface area (TPSA) is 0 Å². The second kappa shape index (κ2) is 6.25. The normalized spacial score (nSPS) is 26.1. The summed E-state index contributed by atoms with van der Waals surface area (Å²) in [5.41, 5.74) is 9.76. The third kappa shape index (κ3) is 2.30. The third-order valence-electron chi connectivity index (χ3n) is 7.61. The van der Waals surface area contributed by atoms with Gasteiger partial charge in [-0.1, -0.05) is 0 Å². The van der Waals surface area contributed by atoms with E-state index in [0.29, 0.717) is 7.25 Å². The summed E-state index contributed by atoms with van der Waals surface area (Å²) < 4.78 is 9.36. The van der Waals surface area contributed by atoms with Crippen LogP contribution < -0.4 is 0 Å². The van der Waals surface area contributed by atoms with Crippen LogP contribution in [0.2, 0.25) is 22.4 Å². The number of hydrogen-bond acceptors (Lipinski definition) is 0. The third-order valence-corrected chi connectivity index (χ3v) is 23.7. The zero-order valence-electron chi connectivity index (χ0n) is 17.4. The van der Waals surface area contributed by atoms with Crippen molar-refractivity contribution in [3.05, 3.63) is 78.7 Å². The number of benzene rings is 2. The van der Waals surface area contributed by atoms with Crippen LogP contribution in [0.3, 0.4) is 0 Å². The van der Waals surface area contributed by atoms with Crippen molar-refractivity contribution in [3.8, 4) is 0 Å². The molecule has 144 valence electrons. The summed E-state index contributed by atoms with van der Waals surface area (Å²) in [4.78, 5) is 0. The van der Waals surface area contributed by atoms with Gasteiger partial charge in [-0.3, -0.25) is 0 Å². The van der Waals surface area contributed by atoms with E-state index in [1.54, 1.807) is 43.8 Å². The molecule has 2 aromatic carbocycles. The van der Waals surface area contributed by atoms with Crippen molar-refractivity contribution in [3.63, 3.8) is 0 Å². The van der Waals surface area contributed by atoms with Gasteiger partial charge in [-0.2, -0.15) is 0 Å². The average molecular weight is 594 g/mol. The molecule has 0 N–H and O–H groups in total. The maximum absolute atomic E-state index is 3.95. The summed E-state index contributed by atoms with van der Waals surface area (Å²) in [5, 5.41) is 3.42. The van der Waals surface area contributed by atoms with Crippen LogP contribution in [-0.4, -0.2) is 8.07 Å². The number of rotatable bonds is 0. The van der Waals surface area contributed by atoms with Gasteiger partial charge in [0.05, 0.1) is 0 Å². The average Bonchev–Trinajstić information content (AvgIpc) is 3.08. The number of halogens is 2. The minimum atomic E-state index is -2.66. The van der Waals surface area contributed by atoms with Gasteiger partial charge in [0.25, 0.3) is 0 Å². The quantitative estimate of drug-likeness (QED) is 0.269. The van der Waals surface area contributed by atoms with Gasteiger partial charge in [0.2, 0.25) is 0 Å². The fraction of sp³-hybridized carbons (Fsp3) is 0.333. The second-order valence-corrected chi connectivity index (χ2v) is 27.6. The summed E-state index contributed by atoms with van der Waals surface area (Å²) in [7, 11) is -1.87. The standard InChI is InChI=1S/C22H20Br2Si.2CH3.Zr/c1-13-11-15-7-5-9-17(23)19(15)21(13)25(3,4)22-14(2)12-16-8-6-10-18(24)20(16)22;;;/h5-12H,1-4H3;2*1H3;. The van der Waals surface area contributed by atoms with Crippen molar-refractivity contribution in [2.75, 3.05) is 0 Å². The van der Waals surface area contributed by atoms with E-state index < -0.39 is 28.3 Å². The number of hydrogen-bond donors (Lipinski definition) is 0. The zero-order chi connectivity index (χ0) is 20.2. The van der Waals surface area contributed by atoms with E-state index in [1.165, 1.54) is 8.95 Å². The summed E-state index contributed by atoms with van der Waals surface area (Å²) >= 11 is 5.24. The Labute approximate surface area is 191 Å². The predicted molar refractivity (Wildman–Crippen MR) is 128 cm³/mol. The van der Waals surface area contributed by atoms with Gasteiger partial charge in [-0.25, -0.2) is 0 Å². The number of fused-ring (bicyclic) bond motifs is 8. The molecule has 0 radical (unpaired) electrons. The molecule has 2 atom stereocenters. The summed E-state index contributed by atoms with van der Waals surface area (Å²) in [6.45, 7) is 10.1. The van der Waals surface area contributed by atoms with Crippen molar-refractivity contribution in [1.29, 1.82) is 0 Å². The van der Waals surface area contributed by atoms with Crippen LogP contribution in [0.15, 0.2) is 56.5 Å². The van der Waals surface area contributed by atoms with E-state index in [2.05, 4.69) is 104 Å². The van der Waals surface area contributed by atoms with Gasteiger partial charge >= 0.3 is 193 Å². The van der Waals surface area contributed by atoms with Gasteiger partial charge < -0.3 is 0 Å². The molecule has 0 spiro atoms. The van der Waals surface area contributed by atoms with E-state index >= 15 is 0 Å². The van der Waals surface area contributed by atoms with Crippen LogP contribution in [0.1, 0.15) is 43.4 Å². The van der Waals surface area contributed by atoms with Crippen molar-refractivity contribution < 1.29 is 20.3 Å². The Morgan fingerprint density at radius 2 is 1.14 bits per heavy atom. The fourth-order valence-electron chi connectivity index (χ4n) is 7.06. The van der Waals surface area contributed by atoms with Gasteiger partial charge in [0.15, 0.2) is 0 Å². The molecule has 0 saturated heterocycles. The van der Waals surface area contributed by atoms with Crippen molar-refractivity contribution in [2.24, 2.45) is 0 Å². The Kier molecular flexibility index (Phi) is 4.44. The molecular formula is C24H26Br2SiZr. The Morgan fingerprint density at radius 1 is 0.750 bits per heavy atom. The van der Waals surface area contributed by atoms with Gasteiger partial charge in [-0.15, -0.1) is 0 Å². The minimum absolute atomic E-state index is 0.676. The molecule has 2 aromatic rings. The Hall–Kier alpha value is -0.0200. The first kappa shape index (κ1) is 19.9. The van der Waals surface area contributed by atoms with Crippen LogP contribution in [0.25, 0.3) is 10.4 Å². The molecule has 5 rings (SSSR count). The summed E-state index contributed by atoms with van der Waals surface area (Å²) in [6.07, 6.45) is 0. The first-order chi connectivity index (χ1) is 13.1. The molecule has 28 heavy (non-hydrogen) atoms. The second-order valence-electron chi connectivity index (χ2n) is 9.84. The van der Waals surface area contributed by atoms with Crippen LogP contribution >= 0.6 is 31.9 Å². The van der Waals surface area contributed by atoms with E-state index in [0.717, 1.165) is 0 Å². The molecule has 0 amide bonds. The van der Waals surface area contributed by atoms with Crippen molar-refractivity contribution in [1.82, 2.24) is 0 Å². The first-order valence-corrected chi connectivity index (χ1v) is 22.4. The van der Waals surface area contributed by atoms with Gasteiger partial charge in [-0.05, 0) is 0 Å². The molecule has 2 unspecified atom stereocenters. The van der Waals surface area contributed by atoms with Crippen LogP contribution in [0.4, 0.5) is 0 Å². The molecule has 1 aliphatic heterocycles. The molecule has 0 saturated carbocycles. The SMILES string of the molecule is CC1=C2c3c(Br)cccc3[CH]1[Zr]([CH3])([CH3])[CH]1C(C)=C(c3c(Br)cccc31)[Si]2(C)C. The van der Waals surface area contributed by atoms with Crippen molar-refractivity contribution >= 4 is 50.3 Å². The Balaban J connectivity index is 1.96. The molecule has 3 aliphatic rings. The molecule has 2 aliphatic carbocycles. The molecule has 0 aromatic heterocycles. The van der Waals surface area contributed by atoms with E-state index in [1.807, 2.05) is 0 Å². The molecule has 4 heteroatoms. The fourth-order valence-corrected chi connectivity index (χ4v) is 25.8. The zero-order valence-corrected chi connectivity index (χ0v) is 24.0. The van der Waals surface area contributed by atoms with Crippen LogP contribution in [0.5, 0.6) is 0 Å². The molecule has 1 heterocycles. The molecule has 0 nitrogen and oxygen atoms in total. The summed E-state index contributed by atoms with van der Waals surface area (Å²) in [6, 6.07) is 13.9. The van der Waals surface area contributed by atoms with E-state index in [9.17, 15) is 0 Å². The Morgan fingerprint density at radius 3 is 1.54 bits per heavy atom. The Bertz CT molecular complexity index is 1040. The molecule has 0 fully saturated rings. The van der Waals surface area contributed by atoms with E-state index in [-0.39, 0.29) is 0 Å². The first-order valence-electron chi connectivity index (χ1n) is 10.1.